The van der Waals surface area contributed by atoms with Crippen LogP contribution in [0.5, 0.6) is 5.75 Å². The van der Waals surface area contributed by atoms with Gasteiger partial charge in [-0.25, -0.2) is 0 Å². The summed E-state index contributed by atoms with van der Waals surface area (Å²) >= 11 is 8.04. The first kappa shape index (κ1) is 19.2. The lowest BCUT2D eigenvalue weighted by Gasteiger charge is -2.32. The molecule has 0 bridgehead atoms. The molecule has 146 valence electrons. The van der Waals surface area contributed by atoms with Crippen LogP contribution in [0.25, 0.3) is 10.1 Å². The van der Waals surface area contributed by atoms with Crippen molar-refractivity contribution in [3.05, 3.63) is 64.0 Å². The number of benzene rings is 2. The van der Waals surface area contributed by atoms with E-state index in [-0.39, 0.29) is 6.04 Å². The second-order valence-corrected chi connectivity index (χ2v) is 8.29. The van der Waals surface area contributed by atoms with E-state index in [9.17, 15) is 9.90 Å². The highest BCUT2D eigenvalue weighted by Gasteiger charge is 2.38. The molecule has 1 aliphatic rings. The highest BCUT2D eigenvalue weighted by Crippen LogP contribution is 2.44. The van der Waals surface area contributed by atoms with Gasteiger partial charge in [-0.3, -0.25) is 9.69 Å². The second-order valence-electron chi connectivity index (χ2n) is 6.94. The van der Waals surface area contributed by atoms with E-state index in [0.29, 0.717) is 18.1 Å². The van der Waals surface area contributed by atoms with Crippen LogP contribution in [0.1, 0.15) is 36.9 Å². The van der Waals surface area contributed by atoms with Crippen LogP contribution in [0.3, 0.4) is 0 Å². The van der Waals surface area contributed by atoms with Crippen LogP contribution in [-0.4, -0.2) is 35.2 Å². The molecule has 0 aliphatic carbocycles. The van der Waals surface area contributed by atoms with Crippen LogP contribution in [0.15, 0.2) is 47.8 Å². The van der Waals surface area contributed by atoms with E-state index >= 15 is 0 Å². The zero-order valence-corrected chi connectivity index (χ0v) is 17.2. The summed E-state index contributed by atoms with van der Waals surface area (Å²) in [5.41, 5.74) is 2.03. The van der Waals surface area contributed by atoms with Crippen molar-refractivity contribution in [2.45, 2.75) is 31.8 Å². The van der Waals surface area contributed by atoms with Gasteiger partial charge < -0.3 is 9.84 Å². The topological polar surface area (TPSA) is 49.8 Å². The van der Waals surface area contributed by atoms with Crippen LogP contribution >= 0.6 is 22.9 Å². The molecular formula is C22H22ClNO3S. The van der Waals surface area contributed by atoms with Crippen molar-refractivity contribution in [1.29, 1.82) is 0 Å². The molecule has 4 nitrogen and oxygen atoms in total. The molecular weight excluding hydrogens is 394 g/mol. The van der Waals surface area contributed by atoms with Crippen molar-refractivity contribution >= 4 is 39.0 Å². The Kier molecular flexibility index (Phi) is 5.58. The van der Waals surface area contributed by atoms with Gasteiger partial charge in [0.1, 0.15) is 11.8 Å². The number of fused-ring (bicyclic) bond motifs is 1. The molecule has 0 radical (unpaired) electrons. The minimum absolute atomic E-state index is 0.222. The van der Waals surface area contributed by atoms with Crippen molar-refractivity contribution in [3.63, 3.8) is 0 Å². The van der Waals surface area contributed by atoms with Gasteiger partial charge in [-0.1, -0.05) is 29.8 Å². The third-order valence-electron chi connectivity index (χ3n) is 5.28. The van der Waals surface area contributed by atoms with Gasteiger partial charge >= 0.3 is 5.97 Å². The van der Waals surface area contributed by atoms with Gasteiger partial charge in [0.05, 0.1) is 12.6 Å². The van der Waals surface area contributed by atoms with Crippen LogP contribution in [0.4, 0.5) is 0 Å². The molecule has 1 fully saturated rings. The number of nitrogens with zero attached hydrogens (tertiary/aromatic N) is 1. The number of aliphatic carboxylic acids is 1. The lowest BCUT2D eigenvalue weighted by Crippen LogP contribution is -2.39. The average Bonchev–Trinajstić information content (AvgIpc) is 3.32. The highest BCUT2D eigenvalue weighted by molar-refractivity contribution is 7.17. The number of rotatable bonds is 6. The summed E-state index contributed by atoms with van der Waals surface area (Å²) in [6.45, 7) is 3.21. The minimum atomic E-state index is -0.776. The monoisotopic (exact) mass is 415 g/mol. The Bertz CT molecular complexity index is 1000. The van der Waals surface area contributed by atoms with E-state index in [1.165, 1.54) is 4.70 Å². The normalized spacial score (nSPS) is 18.4. The Morgan fingerprint density at radius 1 is 1.32 bits per heavy atom. The third kappa shape index (κ3) is 3.50. The number of carbonyl (C=O) groups is 1. The summed E-state index contributed by atoms with van der Waals surface area (Å²) < 4.78 is 7.10. The van der Waals surface area contributed by atoms with E-state index in [1.807, 2.05) is 37.3 Å². The van der Waals surface area contributed by atoms with E-state index in [2.05, 4.69) is 22.4 Å². The zero-order valence-electron chi connectivity index (χ0n) is 15.6. The quantitative estimate of drug-likeness (QED) is 0.570. The summed E-state index contributed by atoms with van der Waals surface area (Å²) in [4.78, 5) is 14.1. The zero-order chi connectivity index (χ0) is 19.7. The molecule has 0 amide bonds. The van der Waals surface area contributed by atoms with Crippen molar-refractivity contribution in [2.24, 2.45) is 0 Å². The first-order valence-corrected chi connectivity index (χ1v) is 10.7. The fourth-order valence-corrected chi connectivity index (χ4v) is 5.28. The number of likely N-dealkylation sites (tertiary alicyclic amines) is 1. The third-order valence-corrected chi connectivity index (χ3v) is 6.50. The van der Waals surface area contributed by atoms with Gasteiger partial charge in [0, 0.05) is 21.8 Å². The Morgan fingerprint density at radius 2 is 2.14 bits per heavy atom. The van der Waals surface area contributed by atoms with Gasteiger partial charge in [0.2, 0.25) is 0 Å². The van der Waals surface area contributed by atoms with E-state index < -0.39 is 12.0 Å². The molecule has 0 spiro atoms. The first-order chi connectivity index (χ1) is 13.6. The Labute approximate surface area is 173 Å². The standard InChI is InChI=1S/C22H22ClNO3S/c1-2-27-19-10-9-14(23)12-16(19)21(24-11-5-7-18(24)22(25)26)17-13-28-20-8-4-3-6-15(17)20/h3-4,6,8-10,12-13,18,21H,2,5,7,11H2,1H3,(H,25,26). The van der Waals surface area contributed by atoms with E-state index in [1.54, 1.807) is 11.3 Å². The molecule has 2 unspecified atom stereocenters. The Balaban J connectivity index is 1.92. The summed E-state index contributed by atoms with van der Waals surface area (Å²) in [5.74, 6) is -0.0229. The number of ether oxygens (including phenoxy) is 1. The van der Waals surface area contributed by atoms with Crippen molar-refractivity contribution in [1.82, 2.24) is 4.90 Å². The van der Waals surface area contributed by atoms with Gasteiger partial charge in [0.15, 0.2) is 0 Å². The maximum atomic E-state index is 12.0. The van der Waals surface area contributed by atoms with Gasteiger partial charge in [-0.05, 0) is 60.4 Å². The van der Waals surface area contributed by atoms with E-state index in [0.717, 1.165) is 35.2 Å². The lowest BCUT2D eigenvalue weighted by molar-refractivity contribution is -0.142. The molecule has 3 aromatic rings. The summed E-state index contributed by atoms with van der Waals surface area (Å²) in [5, 5.41) is 13.7. The van der Waals surface area contributed by atoms with Gasteiger partial charge in [-0.2, -0.15) is 0 Å². The predicted octanol–water partition coefficient (Wildman–Crippen LogP) is 5.59. The number of hydrogen-bond acceptors (Lipinski definition) is 4. The molecule has 4 rings (SSSR count). The molecule has 1 saturated heterocycles. The van der Waals surface area contributed by atoms with Crippen LogP contribution in [0, 0.1) is 0 Å². The average molecular weight is 416 g/mol. The molecule has 28 heavy (non-hydrogen) atoms. The highest BCUT2D eigenvalue weighted by atomic mass is 35.5. The number of carboxylic acid groups (broad SMARTS) is 1. The van der Waals surface area contributed by atoms with Crippen LogP contribution in [0.2, 0.25) is 5.02 Å². The summed E-state index contributed by atoms with van der Waals surface area (Å²) in [6, 6.07) is 13.1. The largest absolute Gasteiger partial charge is 0.494 e. The Morgan fingerprint density at radius 3 is 2.93 bits per heavy atom. The molecule has 6 heteroatoms. The number of carboxylic acids is 1. The fraction of sp³-hybridized carbons (Fsp3) is 0.318. The summed E-state index contributed by atoms with van der Waals surface area (Å²) in [7, 11) is 0. The number of halogens is 1. The van der Waals surface area contributed by atoms with Crippen LogP contribution < -0.4 is 4.74 Å². The van der Waals surface area contributed by atoms with Crippen molar-refractivity contribution in [3.8, 4) is 5.75 Å². The Hall–Kier alpha value is -2.08. The molecule has 1 aliphatic heterocycles. The molecule has 2 aromatic carbocycles. The smallest absolute Gasteiger partial charge is 0.320 e. The fourth-order valence-electron chi connectivity index (χ4n) is 4.12. The molecule has 1 N–H and O–H groups in total. The number of hydrogen-bond donors (Lipinski definition) is 1. The maximum absolute atomic E-state index is 12.0. The van der Waals surface area contributed by atoms with Crippen LogP contribution in [-0.2, 0) is 4.79 Å². The SMILES string of the molecule is CCOc1ccc(Cl)cc1C(c1csc2ccccc12)N1CCCC1C(=O)O. The molecule has 0 saturated carbocycles. The van der Waals surface area contributed by atoms with Crippen molar-refractivity contribution in [2.75, 3.05) is 13.2 Å². The molecule has 2 heterocycles. The van der Waals surface area contributed by atoms with Gasteiger partial charge in [0.25, 0.3) is 0 Å². The van der Waals surface area contributed by atoms with E-state index in [4.69, 9.17) is 16.3 Å². The predicted molar refractivity (Wildman–Crippen MR) is 114 cm³/mol. The molecule has 1 aromatic heterocycles. The first-order valence-electron chi connectivity index (χ1n) is 9.47. The molecule has 2 atom stereocenters. The minimum Gasteiger partial charge on any atom is -0.494 e. The lowest BCUT2D eigenvalue weighted by atomic mass is 9.95. The van der Waals surface area contributed by atoms with Gasteiger partial charge in [-0.15, -0.1) is 11.3 Å². The summed E-state index contributed by atoms with van der Waals surface area (Å²) in [6.07, 6.45) is 1.51. The number of thiophene rings is 1. The second kappa shape index (κ2) is 8.11. The maximum Gasteiger partial charge on any atom is 0.320 e. The van der Waals surface area contributed by atoms with Crippen molar-refractivity contribution < 1.29 is 14.6 Å².